The van der Waals surface area contributed by atoms with Gasteiger partial charge in [-0.25, -0.2) is 13.6 Å². The summed E-state index contributed by atoms with van der Waals surface area (Å²) in [5, 5.41) is 14.4. The Bertz CT molecular complexity index is 965. The zero-order chi connectivity index (χ0) is 18.4. The lowest BCUT2D eigenvalue weighted by atomic mass is 9.69. The highest BCUT2D eigenvalue weighted by atomic mass is 32.2. The van der Waals surface area contributed by atoms with Gasteiger partial charge in [-0.2, -0.15) is 0 Å². The van der Waals surface area contributed by atoms with Crippen molar-refractivity contribution in [1.82, 2.24) is 0 Å². The van der Waals surface area contributed by atoms with Crippen molar-refractivity contribution >= 4 is 21.5 Å². The van der Waals surface area contributed by atoms with E-state index in [-0.39, 0.29) is 4.90 Å². The number of nitrogens with zero attached hydrogens (tertiary/aromatic N) is 1. The third-order valence-electron chi connectivity index (χ3n) is 5.39. The van der Waals surface area contributed by atoms with Gasteiger partial charge in [-0.05, 0) is 36.1 Å². The van der Waals surface area contributed by atoms with Crippen molar-refractivity contribution in [3.8, 4) is 0 Å². The lowest BCUT2D eigenvalue weighted by Crippen LogP contribution is -2.53. The minimum atomic E-state index is -3.89. The number of hydrogen-bond donors (Lipinski definition) is 2. The van der Waals surface area contributed by atoms with Gasteiger partial charge in [0.25, 0.3) is 0 Å². The predicted octanol–water partition coefficient (Wildman–Crippen LogP) is 2.38. The average molecular weight is 371 g/mol. The summed E-state index contributed by atoms with van der Waals surface area (Å²) in [6, 6.07) is 14.7. The van der Waals surface area contributed by atoms with Gasteiger partial charge >= 0.3 is 0 Å². The quantitative estimate of drug-likeness (QED) is 0.847. The molecule has 0 saturated carbocycles. The summed E-state index contributed by atoms with van der Waals surface area (Å²) in [7, 11) is -3.89. The number of amidine groups is 1. The van der Waals surface area contributed by atoms with Crippen LogP contribution in [-0.4, -0.2) is 27.5 Å². The number of anilines is 1. The van der Waals surface area contributed by atoms with Crippen LogP contribution in [0.4, 0.5) is 5.69 Å². The van der Waals surface area contributed by atoms with E-state index in [1.54, 1.807) is 23.1 Å². The van der Waals surface area contributed by atoms with Crippen molar-refractivity contribution in [1.29, 1.82) is 5.41 Å². The largest absolute Gasteiger partial charge is 0.381 e. The monoisotopic (exact) mass is 371 g/mol. The number of benzene rings is 2. The molecule has 1 fully saturated rings. The third-order valence-corrected chi connectivity index (χ3v) is 6.35. The summed E-state index contributed by atoms with van der Waals surface area (Å²) in [4.78, 5) is 1.83. The number of sulfonamides is 1. The lowest BCUT2D eigenvalue weighted by Gasteiger charge is -2.47. The number of ether oxygens (including phenoxy) is 1. The van der Waals surface area contributed by atoms with Crippen LogP contribution in [0.1, 0.15) is 24.0 Å². The van der Waals surface area contributed by atoms with Gasteiger partial charge in [-0.3, -0.25) is 5.41 Å². The second-order valence-corrected chi connectivity index (χ2v) is 8.33. The van der Waals surface area contributed by atoms with Crippen LogP contribution in [0.5, 0.6) is 0 Å². The fourth-order valence-electron chi connectivity index (χ4n) is 4.11. The second kappa shape index (κ2) is 6.19. The van der Waals surface area contributed by atoms with Crippen LogP contribution >= 0.6 is 0 Å². The number of para-hydroxylation sites is 1. The minimum Gasteiger partial charge on any atom is -0.381 e. The van der Waals surface area contributed by atoms with E-state index in [1.807, 2.05) is 18.2 Å². The van der Waals surface area contributed by atoms with Gasteiger partial charge in [0.15, 0.2) is 0 Å². The van der Waals surface area contributed by atoms with E-state index in [4.69, 9.17) is 15.3 Å². The van der Waals surface area contributed by atoms with Gasteiger partial charge in [0.2, 0.25) is 10.0 Å². The zero-order valence-corrected chi connectivity index (χ0v) is 15.1. The van der Waals surface area contributed by atoms with Gasteiger partial charge in [0.1, 0.15) is 10.7 Å². The molecule has 2 aromatic carbocycles. The predicted molar refractivity (Wildman–Crippen MR) is 99.9 cm³/mol. The Balaban J connectivity index is 1.90. The normalized spacial score (nSPS) is 19.4. The van der Waals surface area contributed by atoms with E-state index >= 15 is 0 Å². The minimum absolute atomic E-state index is 0.0475. The van der Waals surface area contributed by atoms with E-state index in [1.165, 1.54) is 6.07 Å². The van der Waals surface area contributed by atoms with Crippen molar-refractivity contribution in [2.75, 3.05) is 18.1 Å². The molecular weight excluding hydrogens is 350 g/mol. The van der Waals surface area contributed by atoms with Crippen molar-refractivity contribution in [3.05, 3.63) is 59.7 Å². The maximum absolute atomic E-state index is 12.1. The number of rotatable bonds is 2. The molecule has 0 bridgehead atoms. The van der Waals surface area contributed by atoms with Crippen LogP contribution in [0.3, 0.4) is 0 Å². The molecule has 26 heavy (non-hydrogen) atoms. The van der Waals surface area contributed by atoms with Crippen LogP contribution in [-0.2, 0) is 26.7 Å². The van der Waals surface area contributed by atoms with Crippen molar-refractivity contribution in [2.45, 2.75) is 29.7 Å². The highest BCUT2D eigenvalue weighted by Crippen LogP contribution is 2.44. The molecule has 0 radical (unpaired) electrons. The maximum atomic E-state index is 12.1. The Morgan fingerprint density at radius 1 is 1.04 bits per heavy atom. The van der Waals surface area contributed by atoms with Crippen LogP contribution in [0.2, 0.25) is 0 Å². The number of primary sulfonamides is 1. The second-order valence-electron chi connectivity index (χ2n) is 6.80. The Hall–Kier alpha value is -2.22. The topological polar surface area (TPSA) is 96.5 Å². The van der Waals surface area contributed by atoms with Gasteiger partial charge in [-0.1, -0.05) is 36.4 Å². The van der Waals surface area contributed by atoms with Crippen LogP contribution in [0.15, 0.2) is 53.4 Å². The van der Waals surface area contributed by atoms with Gasteiger partial charge in [0, 0.05) is 19.8 Å². The first-order chi connectivity index (χ1) is 12.4. The van der Waals surface area contributed by atoms with E-state index in [2.05, 4.69) is 6.07 Å². The first-order valence-electron chi connectivity index (χ1n) is 8.58. The summed E-state index contributed by atoms with van der Waals surface area (Å²) < 4.78 is 29.7. The van der Waals surface area contributed by atoms with Crippen LogP contribution < -0.4 is 10.0 Å². The van der Waals surface area contributed by atoms with E-state index in [9.17, 15) is 8.42 Å². The number of nitrogens with one attached hydrogen (secondary N) is 1. The standard InChI is InChI=1S/C19H21N3O3S/c20-18-19(9-11-25-12-10-19)15-6-2-1-5-14(15)13-22(18)16-7-3-4-8-17(16)26(21,23)24/h1-8,20H,9-13H2,(H2,21,23,24). The molecule has 1 spiro atoms. The summed E-state index contributed by atoms with van der Waals surface area (Å²) >= 11 is 0. The lowest BCUT2D eigenvalue weighted by molar-refractivity contribution is 0.0691. The molecule has 0 atom stereocenters. The molecule has 1 saturated heterocycles. The molecule has 0 aromatic heterocycles. The molecule has 3 N–H and O–H groups in total. The van der Waals surface area contributed by atoms with Crippen LogP contribution in [0.25, 0.3) is 0 Å². The molecule has 0 unspecified atom stereocenters. The Morgan fingerprint density at radius 3 is 2.42 bits per heavy atom. The highest BCUT2D eigenvalue weighted by molar-refractivity contribution is 7.89. The van der Waals surface area contributed by atoms with Gasteiger partial charge in [-0.15, -0.1) is 0 Å². The summed E-state index contributed by atoms with van der Waals surface area (Å²) in [6.07, 6.45) is 1.41. The van der Waals surface area contributed by atoms with E-state index in [0.717, 1.165) is 11.1 Å². The van der Waals surface area contributed by atoms with Crippen molar-refractivity contribution in [3.63, 3.8) is 0 Å². The summed E-state index contributed by atoms with van der Waals surface area (Å²) in [5.74, 6) is 0.413. The molecule has 2 aromatic rings. The third kappa shape index (κ3) is 2.63. The molecule has 7 heteroatoms. The fourth-order valence-corrected chi connectivity index (χ4v) is 4.85. The summed E-state index contributed by atoms with van der Waals surface area (Å²) in [5.41, 5.74) is 2.26. The van der Waals surface area contributed by atoms with E-state index < -0.39 is 15.4 Å². The molecule has 0 aliphatic carbocycles. The molecule has 4 rings (SSSR count). The van der Waals surface area contributed by atoms with Gasteiger partial charge < -0.3 is 9.64 Å². The Kier molecular flexibility index (Phi) is 4.10. The molecule has 6 nitrogen and oxygen atoms in total. The average Bonchev–Trinajstić information content (AvgIpc) is 2.65. The number of fused-ring (bicyclic) bond motifs is 2. The fraction of sp³-hybridized carbons (Fsp3) is 0.316. The van der Waals surface area contributed by atoms with Crippen molar-refractivity contribution < 1.29 is 13.2 Å². The highest BCUT2D eigenvalue weighted by Gasteiger charge is 2.46. The molecular formula is C19H21N3O3S. The van der Waals surface area contributed by atoms with Crippen LogP contribution in [0, 0.1) is 5.41 Å². The molecule has 136 valence electrons. The van der Waals surface area contributed by atoms with Crippen molar-refractivity contribution in [2.24, 2.45) is 5.14 Å². The smallest absolute Gasteiger partial charge is 0.240 e. The number of hydrogen-bond acceptors (Lipinski definition) is 4. The maximum Gasteiger partial charge on any atom is 0.240 e. The van der Waals surface area contributed by atoms with Gasteiger partial charge in [0.05, 0.1) is 11.1 Å². The summed E-state index contributed by atoms with van der Waals surface area (Å²) in [6.45, 7) is 1.62. The zero-order valence-electron chi connectivity index (χ0n) is 14.3. The SMILES string of the molecule is N=C1N(c2ccccc2S(N)(=O)=O)Cc2ccccc2C12CCOCC2. The first kappa shape index (κ1) is 17.2. The molecule has 2 aliphatic rings. The Morgan fingerprint density at radius 2 is 1.69 bits per heavy atom. The van der Waals surface area contributed by atoms with E-state index in [0.29, 0.717) is 44.1 Å². The number of nitrogens with two attached hydrogens (primary N) is 1. The molecule has 2 heterocycles. The Labute approximate surface area is 153 Å². The first-order valence-corrected chi connectivity index (χ1v) is 10.1. The molecule has 2 aliphatic heterocycles. The molecule has 0 amide bonds.